The molecular weight excluding hydrogens is 568 g/mol. The van der Waals surface area contributed by atoms with Crippen molar-refractivity contribution in [3.63, 3.8) is 0 Å². The summed E-state index contributed by atoms with van der Waals surface area (Å²) >= 11 is 0. The smallest absolute Gasteiger partial charge is 0.310 e. The van der Waals surface area contributed by atoms with Gasteiger partial charge in [0.25, 0.3) is 0 Å². The average molecular weight is 603 g/mol. The molecule has 0 saturated carbocycles. The minimum absolute atomic E-state index is 0.0473. The van der Waals surface area contributed by atoms with Gasteiger partial charge in [-0.1, -0.05) is 0 Å². The normalized spacial score (nSPS) is 35.8. The van der Waals surface area contributed by atoms with Crippen LogP contribution in [-0.4, -0.2) is 94.5 Å². The van der Waals surface area contributed by atoms with E-state index in [1.54, 1.807) is 6.92 Å². The van der Waals surface area contributed by atoms with Gasteiger partial charge in [0.05, 0.1) is 46.6 Å². The standard InChI is InChI=1S/C30H34O13/c1-12-37-10-21-28(41-12)24(31)25(32)30(42-21)43-26-15-8-18-17(39-11-40-18)7-14(15)22(23-16(26)9-38-29(23)33)13-5-19(34-2)27(36-4)20(6-13)35-3/h5-8,12,16,21-26,28,30-32H,9-11H2,1-4H3/t12-,16+,21+,22+,23+,24-,25+,26-,28-,30+/m1/s1. The monoisotopic (exact) mass is 602 g/mol. The molecule has 2 aromatic rings. The number of fused-ring (bicyclic) bond motifs is 4. The van der Waals surface area contributed by atoms with Crippen molar-refractivity contribution in [1.82, 2.24) is 0 Å². The molecule has 0 aromatic heterocycles. The molecule has 0 bridgehead atoms. The molecule has 0 spiro atoms. The maximum atomic E-state index is 13.5. The fraction of sp³-hybridized carbons (Fsp3) is 0.567. The molecule has 0 unspecified atom stereocenters. The summed E-state index contributed by atoms with van der Waals surface area (Å²) in [6.07, 6.45) is -6.70. The van der Waals surface area contributed by atoms with E-state index in [1.165, 1.54) is 21.3 Å². The lowest BCUT2D eigenvalue weighted by atomic mass is 9.66. The largest absolute Gasteiger partial charge is 0.493 e. The third kappa shape index (κ3) is 4.57. The zero-order chi connectivity index (χ0) is 30.0. The molecule has 2 N–H and O–H groups in total. The van der Waals surface area contributed by atoms with Gasteiger partial charge in [0.1, 0.15) is 24.4 Å². The number of aliphatic hydroxyl groups is 2. The Balaban J connectivity index is 1.32. The number of hydrogen-bond acceptors (Lipinski definition) is 13. The number of carbonyl (C=O) groups excluding carboxylic acids is 1. The number of methoxy groups -OCH3 is 3. The van der Waals surface area contributed by atoms with Crippen LogP contribution >= 0.6 is 0 Å². The Morgan fingerprint density at radius 1 is 0.837 bits per heavy atom. The van der Waals surface area contributed by atoms with Gasteiger partial charge in [-0.3, -0.25) is 4.79 Å². The average Bonchev–Trinajstić information content (AvgIpc) is 3.64. The summed E-state index contributed by atoms with van der Waals surface area (Å²) in [5.74, 6) is 0.289. The Morgan fingerprint density at radius 3 is 2.21 bits per heavy atom. The van der Waals surface area contributed by atoms with Gasteiger partial charge in [-0.2, -0.15) is 0 Å². The Hall–Kier alpha value is -3.33. The van der Waals surface area contributed by atoms with Gasteiger partial charge in [-0.25, -0.2) is 0 Å². The lowest BCUT2D eigenvalue weighted by molar-refractivity contribution is -0.364. The lowest BCUT2D eigenvalue weighted by Crippen LogP contribution is -2.63. The molecule has 3 fully saturated rings. The van der Waals surface area contributed by atoms with E-state index in [9.17, 15) is 15.0 Å². The van der Waals surface area contributed by atoms with Crippen molar-refractivity contribution in [2.45, 2.75) is 55.9 Å². The second-order valence-electron chi connectivity index (χ2n) is 11.2. The van der Waals surface area contributed by atoms with E-state index in [2.05, 4.69) is 0 Å². The number of hydrogen-bond donors (Lipinski definition) is 2. The summed E-state index contributed by atoms with van der Waals surface area (Å²) in [7, 11) is 4.58. The van der Waals surface area contributed by atoms with Crippen LogP contribution in [0.15, 0.2) is 24.3 Å². The number of benzene rings is 2. The number of rotatable bonds is 6. The van der Waals surface area contributed by atoms with E-state index in [4.69, 9.17) is 47.4 Å². The van der Waals surface area contributed by atoms with Gasteiger partial charge in [0.15, 0.2) is 35.6 Å². The molecule has 13 heteroatoms. The number of ether oxygens (including phenoxy) is 10. The molecule has 0 radical (unpaired) electrons. The van der Waals surface area contributed by atoms with Crippen LogP contribution in [-0.2, 0) is 28.5 Å². The SMILES string of the molecule is COc1cc([C@H]2c3cc4c(cc3[C@@H](O[C@@H]3O[C@H]5CO[C@@H](C)O[C@H]5[C@H](O)[C@@H]3O)[C@H]3COC(=O)[C@H]23)OCO4)cc(OC)c1OC. The summed E-state index contributed by atoms with van der Waals surface area (Å²) in [5.41, 5.74) is 2.19. The summed E-state index contributed by atoms with van der Waals surface area (Å²) < 4.78 is 57.7. The highest BCUT2D eigenvalue weighted by Gasteiger charge is 2.56. The number of esters is 1. The number of aliphatic hydroxyl groups excluding tert-OH is 2. The molecule has 2 aromatic carbocycles. The first-order valence-corrected chi connectivity index (χ1v) is 14.2. The highest BCUT2D eigenvalue weighted by molar-refractivity contribution is 5.79. The van der Waals surface area contributed by atoms with Gasteiger partial charge in [0.2, 0.25) is 12.5 Å². The Labute approximate surface area is 247 Å². The second-order valence-corrected chi connectivity index (χ2v) is 11.2. The van der Waals surface area contributed by atoms with E-state index >= 15 is 0 Å². The van der Waals surface area contributed by atoms with Crippen LogP contribution in [0.1, 0.15) is 35.6 Å². The van der Waals surface area contributed by atoms with Crippen molar-refractivity contribution in [2.75, 3.05) is 41.3 Å². The van der Waals surface area contributed by atoms with Gasteiger partial charge >= 0.3 is 5.97 Å². The fourth-order valence-corrected chi connectivity index (χ4v) is 6.92. The third-order valence-corrected chi connectivity index (χ3v) is 8.93. The maximum Gasteiger partial charge on any atom is 0.310 e. The molecule has 1 aliphatic carbocycles. The first-order valence-electron chi connectivity index (χ1n) is 14.2. The van der Waals surface area contributed by atoms with Crippen molar-refractivity contribution in [3.05, 3.63) is 41.0 Å². The van der Waals surface area contributed by atoms with Crippen molar-refractivity contribution in [3.8, 4) is 28.7 Å². The topological polar surface area (TPSA) is 150 Å². The minimum atomic E-state index is -1.42. The van der Waals surface area contributed by atoms with Crippen molar-refractivity contribution in [2.24, 2.45) is 11.8 Å². The van der Waals surface area contributed by atoms with Crippen molar-refractivity contribution < 1.29 is 62.4 Å². The molecule has 7 rings (SSSR count). The molecule has 43 heavy (non-hydrogen) atoms. The summed E-state index contributed by atoms with van der Waals surface area (Å²) in [4.78, 5) is 13.5. The van der Waals surface area contributed by atoms with Crippen LogP contribution in [0.3, 0.4) is 0 Å². The Bertz CT molecular complexity index is 1370. The van der Waals surface area contributed by atoms with Crippen LogP contribution in [0.2, 0.25) is 0 Å². The van der Waals surface area contributed by atoms with Crippen LogP contribution in [0.5, 0.6) is 28.7 Å². The van der Waals surface area contributed by atoms with E-state index in [1.807, 2.05) is 24.3 Å². The Kier molecular flexibility index (Phi) is 7.27. The van der Waals surface area contributed by atoms with Crippen LogP contribution in [0.25, 0.3) is 0 Å². The van der Waals surface area contributed by atoms with Crippen molar-refractivity contribution >= 4 is 5.97 Å². The zero-order valence-electron chi connectivity index (χ0n) is 24.1. The zero-order valence-corrected chi connectivity index (χ0v) is 24.1. The van der Waals surface area contributed by atoms with E-state index in [0.717, 1.165) is 11.1 Å². The molecule has 5 aliphatic rings. The molecule has 4 aliphatic heterocycles. The van der Waals surface area contributed by atoms with Gasteiger partial charge in [-0.05, 0) is 47.9 Å². The predicted octanol–water partition coefficient (Wildman–Crippen LogP) is 1.64. The number of cyclic esters (lactones) is 1. The van der Waals surface area contributed by atoms with Crippen molar-refractivity contribution in [1.29, 1.82) is 0 Å². The first kappa shape index (κ1) is 28.4. The molecule has 4 heterocycles. The van der Waals surface area contributed by atoms with Crippen LogP contribution in [0, 0.1) is 11.8 Å². The summed E-state index contributed by atoms with van der Waals surface area (Å²) in [6.45, 7) is 1.99. The molecular formula is C30H34O13. The molecule has 13 nitrogen and oxygen atoms in total. The van der Waals surface area contributed by atoms with E-state index in [0.29, 0.717) is 34.3 Å². The molecule has 232 valence electrons. The van der Waals surface area contributed by atoms with Crippen LogP contribution < -0.4 is 23.7 Å². The lowest BCUT2D eigenvalue weighted by Gasteiger charge is -2.47. The fourth-order valence-electron chi connectivity index (χ4n) is 6.92. The number of carbonyl (C=O) groups is 1. The molecule has 3 saturated heterocycles. The molecule has 10 atom stereocenters. The Morgan fingerprint density at radius 2 is 1.53 bits per heavy atom. The minimum Gasteiger partial charge on any atom is -0.493 e. The third-order valence-electron chi connectivity index (χ3n) is 8.93. The van der Waals surface area contributed by atoms with Gasteiger partial charge < -0.3 is 57.6 Å². The van der Waals surface area contributed by atoms with E-state index in [-0.39, 0.29) is 20.0 Å². The highest BCUT2D eigenvalue weighted by atomic mass is 16.8. The van der Waals surface area contributed by atoms with Crippen LogP contribution in [0.4, 0.5) is 0 Å². The second kappa shape index (κ2) is 11.0. The van der Waals surface area contributed by atoms with Gasteiger partial charge in [-0.15, -0.1) is 0 Å². The molecule has 0 amide bonds. The van der Waals surface area contributed by atoms with Gasteiger partial charge in [0, 0.05) is 11.8 Å². The summed E-state index contributed by atoms with van der Waals surface area (Å²) in [5, 5.41) is 22.0. The first-order chi connectivity index (χ1) is 20.8. The highest BCUT2D eigenvalue weighted by Crippen LogP contribution is 2.57. The summed E-state index contributed by atoms with van der Waals surface area (Å²) in [6, 6.07) is 7.31. The maximum absolute atomic E-state index is 13.5. The quantitative estimate of drug-likeness (QED) is 0.462. The predicted molar refractivity (Wildman–Crippen MR) is 143 cm³/mol. The van der Waals surface area contributed by atoms with E-state index < -0.39 is 66.8 Å².